The van der Waals surface area contributed by atoms with Crippen molar-refractivity contribution in [1.29, 1.82) is 0 Å². The van der Waals surface area contributed by atoms with Crippen molar-refractivity contribution in [3.05, 3.63) is 41.0 Å². The lowest BCUT2D eigenvalue weighted by Gasteiger charge is -2.12. The zero-order valence-corrected chi connectivity index (χ0v) is 20.4. The van der Waals surface area contributed by atoms with E-state index in [-0.39, 0.29) is 29.9 Å². The minimum absolute atomic E-state index is 0. The van der Waals surface area contributed by atoms with E-state index in [1.54, 1.807) is 7.11 Å². The van der Waals surface area contributed by atoms with Crippen molar-refractivity contribution in [2.24, 2.45) is 4.99 Å². The molecule has 2 rings (SSSR count). The predicted molar refractivity (Wildman–Crippen MR) is 128 cm³/mol. The monoisotopic (exact) mass is 515 g/mol. The Balaban J connectivity index is 0.00000420. The van der Waals surface area contributed by atoms with Gasteiger partial charge in [-0.1, -0.05) is 31.1 Å². The van der Waals surface area contributed by atoms with Crippen molar-refractivity contribution in [3.63, 3.8) is 0 Å². The van der Waals surface area contributed by atoms with Crippen molar-refractivity contribution in [2.45, 2.75) is 52.9 Å². The molecule has 0 unspecified atom stereocenters. The number of aromatic nitrogens is 2. The number of aryl methyl sites for hydroxylation is 2. The molecule has 0 spiro atoms. The number of rotatable bonds is 10. The third-order valence-electron chi connectivity index (χ3n) is 4.34. The molecular formula is C21H34IN5O2. The Kier molecular flexibility index (Phi) is 11.6. The van der Waals surface area contributed by atoms with Gasteiger partial charge in [0, 0.05) is 32.0 Å². The maximum Gasteiger partial charge on any atom is 0.226 e. The quantitative estimate of drug-likeness (QED) is 0.217. The highest BCUT2D eigenvalue weighted by Gasteiger charge is 2.09. The Morgan fingerprint density at radius 1 is 1.24 bits per heavy atom. The molecule has 1 heterocycles. The van der Waals surface area contributed by atoms with Crippen LogP contribution in [0.15, 0.2) is 27.7 Å². The number of nitrogens with zero attached hydrogens (tertiary/aromatic N) is 3. The second-order valence-electron chi connectivity index (χ2n) is 7.05. The van der Waals surface area contributed by atoms with Crippen LogP contribution in [0.1, 0.15) is 56.0 Å². The summed E-state index contributed by atoms with van der Waals surface area (Å²) in [5.41, 5.74) is 2.39. The third kappa shape index (κ3) is 8.59. The van der Waals surface area contributed by atoms with Gasteiger partial charge in [0.25, 0.3) is 0 Å². The number of guanidine groups is 1. The summed E-state index contributed by atoms with van der Waals surface area (Å²) in [4.78, 5) is 9.03. The predicted octanol–water partition coefficient (Wildman–Crippen LogP) is 3.86. The SMILES string of the molecule is CCNC(=NCCCc1nc(C(C)C)no1)NCCc1ccc(C)c(OC)c1.I. The Labute approximate surface area is 191 Å². The Morgan fingerprint density at radius 2 is 2.03 bits per heavy atom. The first kappa shape index (κ1) is 25.2. The van der Waals surface area contributed by atoms with Crippen molar-refractivity contribution in [2.75, 3.05) is 26.7 Å². The largest absolute Gasteiger partial charge is 0.496 e. The number of methoxy groups -OCH3 is 1. The Hall–Kier alpha value is -1.84. The van der Waals surface area contributed by atoms with Crippen LogP contribution in [-0.4, -0.2) is 42.8 Å². The van der Waals surface area contributed by atoms with Gasteiger partial charge in [0.2, 0.25) is 5.89 Å². The number of hydrogen-bond donors (Lipinski definition) is 2. The minimum atomic E-state index is 0. The van der Waals surface area contributed by atoms with Crippen LogP contribution in [0.2, 0.25) is 0 Å². The summed E-state index contributed by atoms with van der Waals surface area (Å²) in [6.45, 7) is 10.6. The van der Waals surface area contributed by atoms with Crippen LogP contribution in [0.3, 0.4) is 0 Å². The molecule has 29 heavy (non-hydrogen) atoms. The average Bonchev–Trinajstić information content (AvgIpc) is 3.15. The Bertz CT molecular complexity index is 761. The van der Waals surface area contributed by atoms with Gasteiger partial charge >= 0.3 is 0 Å². The van der Waals surface area contributed by atoms with E-state index in [4.69, 9.17) is 9.26 Å². The normalized spacial score (nSPS) is 11.3. The fraction of sp³-hybridized carbons (Fsp3) is 0.571. The molecule has 0 bridgehead atoms. The van der Waals surface area contributed by atoms with Gasteiger partial charge in [0.15, 0.2) is 11.8 Å². The van der Waals surface area contributed by atoms with E-state index in [0.717, 1.165) is 55.4 Å². The summed E-state index contributed by atoms with van der Waals surface area (Å²) in [5, 5.41) is 10.7. The van der Waals surface area contributed by atoms with E-state index < -0.39 is 0 Å². The molecular weight excluding hydrogens is 481 g/mol. The molecule has 1 aromatic heterocycles. The fourth-order valence-corrected chi connectivity index (χ4v) is 2.71. The lowest BCUT2D eigenvalue weighted by atomic mass is 10.1. The van der Waals surface area contributed by atoms with Crippen LogP contribution < -0.4 is 15.4 Å². The van der Waals surface area contributed by atoms with E-state index in [1.165, 1.54) is 5.56 Å². The molecule has 0 aliphatic carbocycles. The van der Waals surface area contributed by atoms with Crippen molar-refractivity contribution in [1.82, 2.24) is 20.8 Å². The van der Waals surface area contributed by atoms with Gasteiger partial charge in [-0.3, -0.25) is 4.99 Å². The molecule has 8 heteroatoms. The molecule has 0 fully saturated rings. The maximum atomic E-state index is 5.39. The van der Waals surface area contributed by atoms with E-state index in [0.29, 0.717) is 12.4 Å². The molecule has 0 aliphatic rings. The molecule has 162 valence electrons. The zero-order chi connectivity index (χ0) is 20.4. The first-order chi connectivity index (χ1) is 13.5. The standard InChI is InChI=1S/C21H33N5O2.HI/c1-6-22-21(23-12-7-8-19-25-20(15(2)3)26-28-19)24-13-11-17-10-9-16(4)18(14-17)27-5;/h9-10,14-15H,6-8,11-13H2,1-5H3,(H2,22,23,24);1H. The molecule has 2 N–H and O–H groups in total. The lowest BCUT2D eigenvalue weighted by molar-refractivity contribution is 0.369. The summed E-state index contributed by atoms with van der Waals surface area (Å²) in [5.74, 6) is 3.50. The summed E-state index contributed by atoms with van der Waals surface area (Å²) in [7, 11) is 1.71. The smallest absolute Gasteiger partial charge is 0.226 e. The van der Waals surface area contributed by atoms with E-state index in [2.05, 4.69) is 71.7 Å². The lowest BCUT2D eigenvalue weighted by Crippen LogP contribution is -2.38. The van der Waals surface area contributed by atoms with Crippen molar-refractivity contribution >= 4 is 29.9 Å². The van der Waals surface area contributed by atoms with Gasteiger partial charge in [0.05, 0.1) is 7.11 Å². The Morgan fingerprint density at radius 3 is 2.69 bits per heavy atom. The van der Waals surface area contributed by atoms with Gasteiger partial charge in [-0.25, -0.2) is 0 Å². The summed E-state index contributed by atoms with van der Waals surface area (Å²) >= 11 is 0. The molecule has 2 aromatic rings. The zero-order valence-electron chi connectivity index (χ0n) is 18.1. The second-order valence-corrected chi connectivity index (χ2v) is 7.05. The maximum absolute atomic E-state index is 5.39. The number of ether oxygens (including phenoxy) is 1. The molecule has 0 radical (unpaired) electrons. The molecule has 0 atom stereocenters. The number of nitrogens with one attached hydrogen (secondary N) is 2. The molecule has 0 amide bonds. The highest BCUT2D eigenvalue weighted by Crippen LogP contribution is 2.19. The number of hydrogen-bond acceptors (Lipinski definition) is 5. The van der Waals surface area contributed by atoms with Crippen LogP contribution in [0.4, 0.5) is 0 Å². The van der Waals surface area contributed by atoms with Gasteiger partial charge in [0.1, 0.15) is 5.75 Å². The highest BCUT2D eigenvalue weighted by atomic mass is 127. The van der Waals surface area contributed by atoms with Crippen molar-refractivity contribution < 1.29 is 9.26 Å². The van der Waals surface area contributed by atoms with Crippen LogP contribution in [0, 0.1) is 6.92 Å². The van der Waals surface area contributed by atoms with E-state index in [9.17, 15) is 0 Å². The van der Waals surface area contributed by atoms with Gasteiger partial charge in [-0.2, -0.15) is 4.98 Å². The van der Waals surface area contributed by atoms with Crippen LogP contribution in [0.25, 0.3) is 0 Å². The fourth-order valence-electron chi connectivity index (χ4n) is 2.71. The van der Waals surface area contributed by atoms with Gasteiger partial charge in [-0.05, 0) is 43.9 Å². The van der Waals surface area contributed by atoms with Crippen LogP contribution >= 0.6 is 24.0 Å². The van der Waals surface area contributed by atoms with Gasteiger partial charge in [-0.15, -0.1) is 24.0 Å². The number of aliphatic imine (C=N–C) groups is 1. The first-order valence-corrected chi connectivity index (χ1v) is 10.0. The van der Waals surface area contributed by atoms with E-state index >= 15 is 0 Å². The molecule has 0 saturated heterocycles. The summed E-state index contributed by atoms with van der Waals surface area (Å²) in [6.07, 6.45) is 2.51. The average molecular weight is 515 g/mol. The first-order valence-electron chi connectivity index (χ1n) is 10.0. The number of halogens is 1. The molecule has 0 aliphatic heterocycles. The van der Waals surface area contributed by atoms with Crippen molar-refractivity contribution in [3.8, 4) is 5.75 Å². The second kappa shape index (κ2) is 13.4. The third-order valence-corrected chi connectivity index (χ3v) is 4.34. The minimum Gasteiger partial charge on any atom is -0.496 e. The topological polar surface area (TPSA) is 84.6 Å². The molecule has 0 saturated carbocycles. The van der Waals surface area contributed by atoms with Crippen LogP contribution in [0.5, 0.6) is 5.75 Å². The highest BCUT2D eigenvalue weighted by molar-refractivity contribution is 14.0. The number of benzene rings is 1. The van der Waals surface area contributed by atoms with Gasteiger partial charge < -0.3 is 19.9 Å². The molecule has 7 nitrogen and oxygen atoms in total. The molecule has 1 aromatic carbocycles. The summed E-state index contributed by atoms with van der Waals surface area (Å²) in [6, 6.07) is 6.33. The van der Waals surface area contributed by atoms with Crippen LogP contribution in [-0.2, 0) is 12.8 Å². The van der Waals surface area contributed by atoms with E-state index in [1.807, 2.05) is 0 Å². The summed E-state index contributed by atoms with van der Waals surface area (Å²) < 4.78 is 10.7.